The lowest BCUT2D eigenvalue weighted by Crippen LogP contribution is -2.25. The highest BCUT2D eigenvalue weighted by atomic mass is 16.4. The molecule has 1 heterocycles. The summed E-state index contributed by atoms with van der Waals surface area (Å²) in [5.41, 5.74) is 1.77. The second-order valence-electron chi connectivity index (χ2n) is 3.86. The van der Waals surface area contributed by atoms with Gasteiger partial charge in [-0.2, -0.15) is 0 Å². The molecular formula is C12H13NO3. The Morgan fingerprint density at radius 1 is 1.38 bits per heavy atom. The van der Waals surface area contributed by atoms with E-state index in [1.165, 1.54) is 0 Å². The Bertz CT molecular complexity index is 518. The molecule has 4 heteroatoms. The van der Waals surface area contributed by atoms with Gasteiger partial charge < -0.3 is 15.2 Å². The van der Waals surface area contributed by atoms with E-state index in [2.05, 4.69) is 4.98 Å². The quantitative estimate of drug-likeness (QED) is 0.735. The summed E-state index contributed by atoms with van der Waals surface area (Å²) in [7, 11) is 0. The van der Waals surface area contributed by atoms with E-state index in [0.29, 0.717) is 0 Å². The lowest BCUT2D eigenvalue weighted by Gasteiger charge is -2.14. The van der Waals surface area contributed by atoms with Gasteiger partial charge in [-0.3, -0.25) is 0 Å². The SMILES string of the molecule is C[C@H](c1c[nH]c2ccccc12)[C@@H](O)C(=O)O. The first-order valence-electron chi connectivity index (χ1n) is 5.08. The molecule has 0 amide bonds. The van der Waals surface area contributed by atoms with Gasteiger partial charge in [0.15, 0.2) is 6.10 Å². The van der Waals surface area contributed by atoms with E-state index in [0.717, 1.165) is 16.5 Å². The molecule has 84 valence electrons. The van der Waals surface area contributed by atoms with Crippen LogP contribution in [0.15, 0.2) is 30.5 Å². The van der Waals surface area contributed by atoms with Crippen molar-refractivity contribution >= 4 is 16.9 Å². The molecule has 0 aliphatic carbocycles. The number of aromatic amines is 1. The minimum absolute atomic E-state index is 0.436. The van der Waals surface area contributed by atoms with Crippen molar-refractivity contribution < 1.29 is 15.0 Å². The summed E-state index contributed by atoms with van der Waals surface area (Å²) < 4.78 is 0. The van der Waals surface area contributed by atoms with Crippen LogP contribution in [0.4, 0.5) is 0 Å². The van der Waals surface area contributed by atoms with Gasteiger partial charge in [-0.25, -0.2) is 4.79 Å². The molecule has 2 aromatic rings. The zero-order valence-electron chi connectivity index (χ0n) is 8.84. The Hall–Kier alpha value is -1.81. The van der Waals surface area contributed by atoms with Crippen LogP contribution in [0.1, 0.15) is 18.4 Å². The number of benzene rings is 1. The van der Waals surface area contributed by atoms with Crippen LogP contribution in [-0.4, -0.2) is 27.3 Å². The maximum atomic E-state index is 10.7. The fourth-order valence-corrected chi connectivity index (χ4v) is 1.85. The van der Waals surface area contributed by atoms with Crippen LogP contribution >= 0.6 is 0 Å². The second-order valence-corrected chi connectivity index (χ2v) is 3.86. The minimum Gasteiger partial charge on any atom is -0.479 e. The first kappa shape index (κ1) is 10.7. The lowest BCUT2D eigenvalue weighted by molar-refractivity contribution is -0.147. The third-order valence-electron chi connectivity index (χ3n) is 2.84. The van der Waals surface area contributed by atoms with Gasteiger partial charge in [0.2, 0.25) is 0 Å². The van der Waals surface area contributed by atoms with E-state index >= 15 is 0 Å². The van der Waals surface area contributed by atoms with Gasteiger partial charge in [-0.1, -0.05) is 25.1 Å². The van der Waals surface area contributed by atoms with E-state index < -0.39 is 18.0 Å². The molecular weight excluding hydrogens is 206 g/mol. The molecule has 0 bridgehead atoms. The Balaban J connectivity index is 2.44. The van der Waals surface area contributed by atoms with Crippen LogP contribution in [0.25, 0.3) is 10.9 Å². The maximum absolute atomic E-state index is 10.7. The molecule has 1 aromatic carbocycles. The van der Waals surface area contributed by atoms with E-state index in [-0.39, 0.29) is 0 Å². The highest BCUT2D eigenvalue weighted by molar-refractivity contribution is 5.85. The number of carboxylic acid groups (broad SMARTS) is 1. The summed E-state index contributed by atoms with van der Waals surface area (Å²) in [5.74, 6) is -1.63. The zero-order valence-corrected chi connectivity index (χ0v) is 8.84. The summed E-state index contributed by atoms with van der Waals surface area (Å²) in [6.45, 7) is 1.70. The van der Waals surface area contributed by atoms with Crippen molar-refractivity contribution in [2.24, 2.45) is 0 Å². The van der Waals surface area contributed by atoms with E-state index in [9.17, 15) is 9.90 Å². The topological polar surface area (TPSA) is 73.3 Å². The predicted molar refractivity (Wildman–Crippen MR) is 60.4 cm³/mol. The summed E-state index contributed by atoms with van der Waals surface area (Å²) >= 11 is 0. The van der Waals surface area contributed by atoms with Gasteiger partial charge in [0, 0.05) is 23.0 Å². The number of aliphatic carboxylic acids is 1. The van der Waals surface area contributed by atoms with Crippen LogP contribution in [-0.2, 0) is 4.79 Å². The molecule has 4 nitrogen and oxygen atoms in total. The molecule has 0 spiro atoms. The molecule has 0 radical (unpaired) electrons. The summed E-state index contributed by atoms with van der Waals surface area (Å²) in [6, 6.07) is 7.62. The summed E-state index contributed by atoms with van der Waals surface area (Å²) in [5, 5.41) is 19.2. The number of aliphatic hydroxyl groups excluding tert-OH is 1. The maximum Gasteiger partial charge on any atom is 0.333 e. The molecule has 0 unspecified atom stereocenters. The number of hydrogen-bond donors (Lipinski definition) is 3. The van der Waals surface area contributed by atoms with Gasteiger partial charge in [0.25, 0.3) is 0 Å². The van der Waals surface area contributed by atoms with Crippen molar-refractivity contribution in [3.05, 3.63) is 36.0 Å². The number of hydrogen-bond acceptors (Lipinski definition) is 2. The average Bonchev–Trinajstić information content (AvgIpc) is 2.70. The molecule has 0 saturated heterocycles. The van der Waals surface area contributed by atoms with Crippen LogP contribution in [0.5, 0.6) is 0 Å². The number of aromatic nitrogens is 1. The van der Waals surface area contributed by atoms with Crippen LogP contribution in [0, 0.1) is 0 Å². The van der Waals surface area contributed by atoms with E-state index in [1.807, 2.05) is 24.3 Å². The largest absolute Gasteiger partial charge is 0.479 e. The number of carbonyl (C=O) groups is 1. The Morgan fingerprint density at radius 3 is 2.75 bits per heavy atom. The van der Waals surface area contributed by atoms with Crippen molar-refractivity contribution in [3.63, 3.8) is 0 Å². The number of para-hydroxylation sites is 1. The number of carboxylic acids is 1. The van der Waals surface area contributed by atoms with Crippen molar-refractivity contribution in [1.82, 2.24) is 4.98 Å². The van der Waals surface area contributed by atoms with Crippen LogP contribution in [0.2, 0.25) is 0 Å². The van der Waals surface area contributed by atoms with Crippen molar-refractivity contribution in [1.29, 1.82) is 0 Å². The zero-order chi connectivity index (χ0) is 11.7. The smallest absolute Gasteiger partial charge is 0.333 e. The number of rotatable bonds is 3. The minimum atomic E-state index is -1.38. The van der Waals surface area contributed by atoms with Gasteiger partial charge in [-0.15, -0.1) is 0 Å². The number of fused-ring (bicyclic) bond motifs is 1. The number of nitrogens with one attached hydrogen (secondary N) is 1. The average molecular weight is 219 g/mol. The lowest BCUT2D eigenvalue weighted by atomic mass is 9.95. The number of aliphatic hydroxyl groups is 1. The normalized spacial score (nSPS) is 14.9. The number of H-pyrrole nitrogens is 1. The molecule has 0 aliphatic rings. The summed E-state index contributed by atoms with van der Waals surface area (Å²) in [6.07, 6.45) is 0.376. The van der Waals surface area contributed by atoms with Gasteiger partial charge in [0.1, 0.15) is 0 Å². The highest BCUT2D eigenvalue weighted by Gasteiger charge is 2.24. The van der Waals surface area contributed by atoms with Gasteiger partial charge in [-0.05, 0) is 11.6 Å². The first-order valence-corrected chi connectivity index (χ1v) is 5.08. The van der Waals surface area contributed by atoms with Crippen LogP contribution in [0.3, 0.4) is 0 Å². The van der Waals surface area contributed by atoms with Crippen molar-refractivity contribution in [3.8, 4) is 0 Å². The van der Waals surface area contributed by atoms with E-state index in [1.54, 1.807) is 13.1 Å². The van der Waals surface area contributed by atoms with E-state index in [4.69, 9.17) is 5.11 Å². The summed E-state index contributed by atoms with van der Waals surface area (Å²) in [4.78, 5) is 13.8. The predicted octanol–water partition coefficient (Wildman–Crippen LogP) is 1.72. The molecule has 1 aromatic heterocycles. The fourth-order valence-electron chi connectivity index (χ4n) is 1.85. The first-order chi connectivity index (χ1) is 7.61. The molecule has 0 saturated carbocycles. The molecule has 3 N–H and O–H groups in total. The molecule has 16 heavy (non-hydrogen) atoms. The molecule has 2 atom stereocenters. The Morgan fingerprint density at radius 2 is 2.06 bits per heavy atom. The molecule has 0 fully saturated rings. The fraction of sp³-hybridized carbons (Fsp3) is 0.250. The molecule has 0 aliphatic heterocycles. The van der Waals surface area contributed by atoms with Gasteiger partial charge in [0.05, 0.1) is 0 Å². The highest BCUT2D eigenvalue weighted by Crippen LogP contribution is 2.27. The third kappa shape index (κ3) is 1.67. The monoisotopic (exact) mass is 219 g/mol. The second kappa shape index (κ2) is 3.98. The Labute approximate surface area is 92.5 Å². The van der Waals surface area contributed by atoms with Crippen LogP contribution < -0.4 is 0 Å². The van der Waals surface area contributed by atoms with Crippen molar-refractivity contribution in [2.45, 2.75) is 18.9 Å². The van der Waals surface area contributed by atoms with Gasteiger partial charge >= 0.3 is 5.97 Å². The van der Waals surface area contributed by atoms with Crippen molar-refractivity contribution in [2.75, 3.05) is 0 Å². The third-order valence-corrected chi connectivity index (χ3v) is 2.84. The Kier molecular flexibility index (Phi) is 2.66. The standard InChI is InChI=1S/C12H13NO3/c1-7(11(14)12(15)16)9-6-13-10-5-3-2-4-8(9)10/h2-7,11,13-14H,1H3,(H,15,16)/t7-,11-/m1/s1. The molecule has 2 rings (SSSR count).